The number of fused-ring (bicyclic) bond motifs is 5. The first-order valence-corrected chi connectivity index (χ1v) is 14.5. The summed E-state index contributed by atoms with van der Waals surface area (Å²) in [6.07, 6.45) is 3.37. The molecule has 3 aromatic rings. The number of amides is 3. The van der Waals surface area contributed by atoms with Gasteiger partial charge >= 0.3 is 6.03 Å². The van der Waals surface area contributed by atoms with Crippen LogP contribution in [-0.4, -0.2) is 60.5 Å². The molecule has 43 heavy (non-hydrogen) atoms. The zero-order valence-corrected chi connectivity index (χ0v) is 23.5. The largest absolute Gasteiger partial charge is 0.321 e. The molecule has 3 heterocycles. The number of urea groups is 1. The minimum absolute atomic E-state index is 0.158. The van der Waals surface area contributed by atoms with Gasteiger partial charge in [-0.1, -0.05) is 42.5 Å². The van der Waals surface area contributed by atoms with E-state index in [9.17, 15) is 19.2 Å². The number of para-hydroxylation sites is 1. The number of carbonyl (C=O) groups excluding carboxylic acids is 4. The molecule has 0 spiro atoms. The Morgan fingerprint density at radius 2 is 1.58 bits per heavy atom. The van der Waals surface area contributed by atoms with E-state index in [1.165, 1.54) is 17.0 Å². The molecular formula is C33H32FN5O4. The lowest BCUT2D eigenvalue weighted by atomic mass is 9.84. The summed E-state index contributed by atoms with van der Waals surface area (Å²) >= 11 is 0. The highest BCUT2D eigenvalue weighted by Gasteiger charge is 2.42. The average molecular weight is 582 g/mol. The van der Waals surface area contributed by atoms with Crippen molar-refractivity contribution in [2.75, 3.05) is 23.3 Å². The summed E-state index contributed by atoms with van der Waals surface area (Å²) in [5, 5.41) is 5.27. The van der Waals surface area contributed by atoms with Gasteiger partial charge in [0.05, 0.1) is 11.4 Å². The smallest absolute Gasteiger partial charge is 0.308 e. The molecule has 3 aromatic carbocycles. The fourth-order valence-corrected chi connectivity index (χ4v) is 6.46. The van der Waals surface area contributed by atoms with E-state index in [1.54, 1.807) is 60.7 Å². The third-order valence-corrected chi connectivity index (χ3v) is 8.54. The van der Waals surface area contributed by atoms with E-state index in [2.05, 4.69) is 20.5 Å². The number of hydrogen-bond donors (Lipinski definition) is 2. The number of nitrogens with zero attached hydrogens (tertiary/aromatic N) is 3. The summed E-state index contributed by atoms with van der Waals surface area (Å²) in [4.78, 5) is 59.8. The summed E-state index contributed by atoms with van der Waals surface area (Å²) in [6.45, 7) is 1.36. The maximum Gasteiger partial charge on any atom is 0.321 e. The first-order chi connectivity index (χ1) is 20.9. The van der Waals surface area contributed by atoms with Gasteiger partial charge in [0.1, 0.15) is 18.3 Å². The zero-order valence-electron chi connectivity index (χ0n) is 23.5. The van der Waals surface area contributed by atoms with Crippen LogP contribution in [0.1, 0.15) is 47.2 Å². The van der Waals surface area contributed by atoms with Crippen LogP contribution < -0.4 is 15.5 Å². The van der Waals surface area contributed by atoms with Gasteiger partial charge in [0, 0.05) is 35.5 Å². The quantitative estimate of drug-likeness (QED) is 0.396. The van der Waals surface area contributed by atoms with E-state index >= 15 is 4.39 Å². The number of carbonyl (C=O) groups is 4. The van der Waals surface area contributed by atoms with E-state index in [-0.39, 0.29) is 11.3 Å². The standard InChI is InChI=1S/C33H32FN5O4/c34-27-10-3-1-8-25(27)30-26-9-2-4-11-28(26)39(29(20-41)38-17-21-12-13-22(18-38)15-14-21)32(42)31(36-30)37-33(43)35-24-7-5-6-23(16-24)19-40/h1-11,16,19-22,29,31H,12-15,17-18H2,(H2,35,37,43)/t21?,22?,29?,31-/m0/s1. The molecule has 1 saturated carbocycles. The number of aldehydes is 2. The molecule has 1 unspecified atom stereocenters. The number of hydrogen-bond acceptors (Lipinski definition) is 6. The Bertz CT molecular complexity index is 1570. The van der Waals surface area contributed by atoms with Crippen molar-refractivity contribution in [2.24, 2.45) is 16.8 Å². The van der Waals surface area contributed by atoms with Crippen LogP contribution in [0.2, 0.25) is 0 Å². The van der Waals surface area contributed by atoms with Crippen LogP contribution in [0.5, 0.6) is 0 Å². The molecule has 7 rings (SSSR count). The van der Waals surface area contributed by atoms with Crippen LogP contribution in [0, 0.1) is 17.7 Å². The highest BCUT2D eigenvalue weighted by molar-refractivity contribution is 6.21. The Morgan fingerprint density at radius 3 is 2.26 bits per heavy atom. The Morgan fingerprint density at radius 1 is 0.907 bits per heavy atom. The van der Waals surface area contributed by atoms with Crippen LogP contribution in [0.3, 0.4) is 0 Å². The zero-order chi connectivity index (χ0) is 29.9. The Kier molecular flexibility index (Phi) is 8.11. The van der Waals surface area contributed by atoms with Crippen LogP contribution >= 0.6 is 0 Å². The Labute approximate surface area is 248 Å². The molecule has 3 aliphatic heterocycles. The van der Waals surface area contributed by atoms with Crippen molar-refractivity contribution in [2.45, 2.75) is 38.0 Å². The predicted molar refractivity (Wildman–Crippen MR) is 161 cm³/mol. The second-order valence-corrected chi connectivity index (χ2v) is 11.3. The average Bonchev–Trinajstić information content (AvgIpc) is 3.40. The lowest BCUT2D eigenvalue weighted by molar-refractivity contribution is -0.124. The van der Waals surface area contributed by atoms with Crippen molar-refractivity contribution in [3.63, 3.8) is 0 Å². The van der Waals surface area contributed by atoms with Crippen molar-refractivity contribution >= 4 is 41.6 Å². The third kappa shape index (κ3) is 5.83. The number of halogens is 1. The SMILES string of the molecule is O=Cc1cccc(NC(=O)N[C@@H]2N=C(c3ccccc3F)c3ccccc3N(C(C=O)N3CC4CCC(CC4)C3)C2=O)c1. The molecule has 10 heteroatoms. The van der Waals surface area contributed by atoms with Gasteiger partial charge < -0.3 is 10.6 Å². The number of aliphatic imine (C=N–C) groups is 1. The van der Waals surface area contributed by atoms with Crippen LogP contribution in [0.15, 0.2) is 77.8 Å². The van der Waals surface area contributed by atoms with E-state index in [1.807, 2.05) is 0 Å². The second kappa shape index (κ2) is 12.3. The molecule has 2 N–H and O–H groups in total. The van der Waals surface area contributed by atoms with Crippen molar-refractivity contribution in [1.29, 1.82) is 0 Å². The molecule has 220 valence electrons. The Hall–Kier alpha value is -4.70. The summed E-state index contributed by atoms with van der Waals surface area (Å²) in [6, 6.07) is 18.6. The summed E-state index contributed by atoms with van der Waals surface area (Å²) < 4.78 is 15.2. The highest BCUT2D eigenvalue weighted by Crippen LogP contribution is 2.37. The molecule has 2 saturated heterocycles. The van der Waals surface area contributed by atoms with Gasteiger partial charge in [0.2, 0.25) is 6.17 Å². The lowest BCUT2D eigenvalue weighted by Crippen LogP contribution is -2.58. The molecular weight excluding hydrogens is 549 g/mol. The predicted octanol–water partition coefficient (Wildman–Crippen LogP) is 4.62. The molecule has 0 radical (unpaired) electrons. The van der Waals surface area contributed by atoms with Gasteiger partial charge in [-0.3, -0.25) is 24.2 Å². The van der Waals surface area contributed by atoms with E-state index in [4.69, 9.17) is 0 Å². The monoisotopic (exact) mass is 581 g/mol. The molecule has 3 fully saturated rings. The van der Waals surface area contributed by atoms with Gasteiger partial charge in [-0.05, 0) is 67.9 Å². The minimum atomic E-state index is -1.48. The number of benzodiazepines with no additional fused rings is 1. The van der Waals surface area contributed by atoms with Crippen molar-refractivity contribution in [3.8, 4) is 0 Å². The van der Waals surface area contributed by atoms with Gasteiger partial charge in [-0.25, -0.2) is 14.2 Å². The maximum absolute atomic E-state index is 15.2. The van der Waals surface area contributed by atoms with E-state index < -0.39 is 30.1 Å². The number of nitrogens with one attached hydrogen (secondary N) is 2. The minimum Gasteiger partial charge on any atom is -0.308 e. The molecule has 4 aliphatic rings. The lowest BCUT2D eigenvalue weighted by Gasteiger charge is -2.37. The second-order valence-electron chi connectivity index (χ2n) is 11.3. The molecule has 9 nitrogen and oxygen atoms in total. The topological polar surface area (TPSA) is 111 Å². The van der Waals surface area contributed by atoms with E-state index in [0.29, 0.717) is 53.7 Å². The summed E-state index contributed by atoms with van der Waals surface area (Å²) in [5.41, 5.74) is 1.92. The highest BCUT2D eigenvalue weighted by atomic mass is 19.1. The van der Waals surface area contributed by atoms with Crippen LogP contribution in [0.25, 0.3) is 0 Å². The molecule has 0 aromatic heterocycles. The van der Waals surface area contributed by atoms with Crippen LogP contribution in [-0.2, 0) is 9.59 Å². The van der Waals surface area contributed by atoms with E-state index in [0.717, 1.165) is 32.0 Å². The normalized spacial score (nSPS) is 22.4. The molecule has 3 amide bonds. The van der Waals surface area contributed by atoms with Crippen molar-refractivity contribution < 1.29 is 23.6 Å². The fraction of sp³-hybridized carbons (Fsp3) is 0.303. The third-order valence-electron chi connectivity index (χ3n) is 8.54. The number of anilines is 2. The van der Waals surface area contributed by atoms with Crippen LogP contribution in [0.4, 0.5) is 20.6 Å². The fourth-order valence-electron chi connectivity index (χ4n) is 6.46. The first-order valence-electron chi connectivity index (χ1n) is 14.5. The van der Waals surface area contributed by atoms with Crippen molar-refractivity contribution in [1.82, 2.24) is 10.2 Å². The number of benzene rings is 3. The molecule has 1 aliphatic carbocycles. The van der Waals surface area contributed by atoms with Gasteiger partial charge in [0.25, 0.3) is 5.91 Å². The molecule has 2 bridgehead atoms. The number of rotatable bonds is 7. The van der Waals surface area contributed by atoms with Crippen molar-refractivity contribution in [3.05, 3.63) is 95.3 Å². The summed E-state index contributed by atoms with van der Waals surface area (Å²) in [7, 11) is 0. The maximum atomic E-state index is 15.2. The van der Waals surface area contributed by atoms with Gasteiger partial charge in [-0.15, -0.1) is 0 Å². The summed E-state index contributed by atoms with van der Waals surface area (Å²) in [5.74, 6) is -0.290. The molecule has 2 atom stereocenters. The van der Waals surface area contributed by atoms with Gasteiger partial charge in [-0.2, -0.15) is 0 Å². The van der Waals surface area contributed by atoms with Gasteiger partial charge in [0.15, 0.2) is 6.29 Å². The first kappa shape index (κ1) is 28.4. The Balaban J connectivity index is 1.42.